The van der Waals surface area contributed by atoms with Gasteiger partial charge in [0.05, 0.1) is 11.8 Å². The van der Waals surface area contributed by atoms with Crippen molar-refractivity contribution in [3.05, 3.63) is 29.8 Å². The maximum Gasteiger partial charge on any atom is 0.254 e. The molecule has 0 aromatic carbocycles. The smallest absolute Gasteiger partial charge is 0.254 e. The molecule has 1 heterocycles. The monoisotopic (exact) mass is 300 g/mol. The number of carbonyl (C=O) groups is 1. The topological polar surface area (TPSA) is 42.0 Å². The van der Waals surface area contributed by atoms with Crippen LogP contribution in [0.4, 0.5) is 4.39 Å². The Kier molecular flexibility index (Phi) is 4.10. The zero-order valence-corrected chi connectivity index (χ0v) is 10.9. The number of halogens is 2. The lowest BCUT2D eigenvalue weighted by Crippen LogP contribution is -2.42. The van der Waals surface area contributed by atoms with E-state index in [-0.39, 0.29) is 22.3 Å². The molecule has 1 aromatic rings. The van der Waals surface area contributed by atoms with E-state index in [0.717, 1.165) is 25.5 Å². The fourth-order valence-corrected chi connectivity index (χ4v) is 2.77. The Hall–Kier alpha value is -0.970. The molecule has 1 aliphatic carbocycles. The number of hydrogen-bond donors (Lipinski definition) is 1. The number of rotatable bonds is 2. The summed E-state index contributed by atoms with van der Waals surface area (Å²) in [6.07, 6.45) is 6.74. The van der Waals surface area contributed by atoms with Crippen LogP contribution in [0.3, 0.4) is 0 Å². The first-order valence-electron chi connectivity index (χ1n) is 5.73. The molecule has 5 heteroatoms. The van der Waals surface area contributed by atoms with E-state index in [1.807, 2.05) is 0 Å². The average Bonchev–Trinajstić information content (AvgIpc) is 2.32. The molecular weight excluding hydrogens is 287 g/mol. The number of pyridine rings is 1. The van der Waals surface area contributed by atoms with E-state index in [1.54, 1.807) is 0 Å². The van der Waals surface area contributed by atoms with Gasteiger partial charge < -0.3 is 5.32 Å². The van der Waals surface area contributed by atoms with Crippen LogP contribution in [0.25, 0.3) is 0 Å². The van der Waals surface area contributed by atoms with E-state index in [4.69, 9.17) is 0 Å². The first kappa shape index (κ1) is 12.5. The molecule has 92 valence electrons. The Bertz CT molecular complexity index is 413. The van der Waals surface area contributed by atoms with Crippen LogP contribution in [0, 0.1) is 5.82 Å². The zero-order chi connectivity index (χ0) is 12.3. The minimum absolute atomic E-state index is 0.0604. The SMILES string of the molecule is O=C(NC1CCCCC1Br)c1ccncc1F. The second-order valence-corrected chi connectivity index (χ2v) is 5.41. The van der Waals surface area contributed by atoms with Crippen LogP contribution >= 0.6 is 15.9 Å². The largest absolute Gasteiger partial charge is 0.348 e. The Balaban J connectivity index is 2.04. The van der Waals surface area contributed by atoms with Crippen LogP contribution in [-0.2, 0) is 0 Å². The van der Waals surface area contributed by atoms with E-state index >= 15 is 0 Å². The summed E-state index contributed by atoms with van der Waals surface area (Å²) in [6, 6.07) is 1.49. The van der Waals surface area contributed by atoms with Gasteiger partial charge in [-0.05, 0) is 18.9 Å². The Morgan fingerprint density at radius 3 is 2.94 bits per heavy atom. The molecule has 0 radical (unpaired) electrons. The summed E-state index contributed by atoms with van der Waals surface area (Å²) in [4.78, 5) is 15.8. The van der Waals surface area contributed by atoms with Gasteiger partial charge in [0.2, 0.25) is 0 Å². The van der Waals surface area contributed by atoms with Crippen molar-refractivity contribution in [3.8, 4) is 0 Å². The summed E-state index contributed by atoms with van der Waals surface area (Å²) in [6.45, 7) is 0. The highest BCUT2D eigenvalue weighted by Gasteiger charge is 2.25. The second kappa shape index (κ2) is 5.58. The van der Waals surface area contributed by atoms with Crippen molar-refractivity contribution in [2.75, 3.05) is 0 Å². The molecule has 0 spiro atoms. The van der Waals surface area contributed by atoms with E-state index < -0.39 is 5.82 Å². The molecule has 1 aliphatic rings. The van der Waals surface area contributed by atoms with Crippen LogP contribution in [0.5, 0.6) is 0 Å². The summed E-state index contributed by atoms with van der Waals surface area (Å²) in [7, 11) is 0. The highest BCUT2D eigenvalue weighted by molar-refractivity contribution is 9.09. The number of alkyl halides is 1. The molecule has 1 N–H and O–H groups in total. The third-order valence-corrected chi connectivity index (χ3v) is 4.11. The first-order valence-corrected chi connectivity index (χ1v) is 6.64. The molecule has 1 fully saturated rings. The molecule has 0 saturated heterocycles. The van der Waals surface area contributed by atoms with E-state index in [9.17, 15) is 9.18 Å². The molecule has 0 bridgehead atoms. The van der Waals surface area contributed by atoms with Crippen LogP contribution in [0.1, 0.15) is 36.0 Å². The third kappa shape index (κ3) is 3.03. The molecular formula is C12H14BrFN2O. The van der Waals surface area contributed by atoms with Gasteiger partial charge in [-0.15, -0.1) is 0 Å². The third-order valence-electron chi connectivity index (χ3n) is 3.02. The first-order chi connectivity index (χ1) is 8.18. The number of nitrogens with one attached hydrogen (secondary N) is 1. The minimum Gasteiger partial charge on any atom is -0.348 e. The summed E-state index contributed by atoms with van der Waals surface area (Å²) in [5.74, 6) is -0.937. The van der Waals surface area contributed by atoms with E-state index in [2.05, 4.69) is 26.2 Å². The van der Waals surface area contributed by atoms with Gasteiger partial charge in [0.15, 0.2) is 5.82 Å². The standard InChI is InChI=1S/C12H14BrFN2O/c13-9-3-1-2-4-11(9)16-12(17)8-5-6-15-7-10(8)14/h5-7,9,11H,1-4H2,(H,16,17). The molecule has 2 unspecified atom stereocenters. The lowest BCUT2D eigenvalue weighted by Gasteiger charge is -2.28. The van der Waals surface area contributed by atoms with Crippen LogP contribution in [-0.4, -0.2) is 21.8 Å². The highest BCUT2D eigenvalue weighted by Crippen LogP contribution is 2.24. The van der Waals surface area contributed by atoms with E-state index in [0.29, 0.717) is 0 Å². The summed E-state index contributed by atoms with van der Waals surface area (Å²) >= 11 is 3.55. The number of nitrogens with zero attached hydrogens (tertiary/aromatic N) is 1. The van der Waals surface area contributed by atoms with Gasteiger partial charge in [-0.25, -0.2) is 4.39 Å². The Labute approximate surface area is 108 Å². The van der Waals surface area contributed by atoms with Gasteiger partial charge in [0, 0.05) is 17.1 Å². The highest BCUT2D eigenvalue weighted by atomic mass is 79.9. The van der Waals surface area contributed by atoms with Gasteiger partial charge in [0.25, 0.3) is 5.91 Å². The van der Waals surface area contributed by atoms with Crippen molar-refractivity contribution in [2.24, 2.45) is 0 Å². The lowest BCUT2D eigenvalue weighted by molar-refractivity contribution is 0.0925. The summed E-state index contributed by atoms with van der Waals surface area (Å²) < 4.78 is 13.4. The summed E-state index contributed by atoms with van der Waals surface area (Å²) in [5.41, 5.74) is 0.0604. The van der Waals surface area contributed by atoms with Crippen molar-refractivity contribution in [3.63, 3.8) is 0 Å². The van der Waals surface area contributed by atoms with Crippen molar-refractivity contribution >= 4 is 21.8 Å². The fraction of sp³-hybridized carbons (Fsp3) is 0.500. The van der Waals surface area contributed by atoms with E-state index in [1.165, 1.54) is 18.7 Å². The van der Waals surface area contributed by atoms with Crippen LogP contribution in [0.15, 0.2) is 18.5 Å². The molecule has 0 aliphatic heterocycles. The van der Waals surface area contributed by atoms with Crippen molar-refractivity contribution in [1.82, 2.24) is 10.3 Å². The molecule has 2 rings (SSSR count). The minimum atomic E-state index is -0.577. The number of amides is 1. The molecule has 2 atom stereocenters. The Morgan fingerprint density at radius 2 is 2.24 bits per heavy atom. The molecule has 1 saturated carbocycles. The van der Waals surface area contributed by atoms with Crippen molar-refractivity contribution in [2.45, 2.75) is 36.6 Å². The quantitative estimate of drug-likeness (QED) is 0.853. The zero-order valence-electron chi connectivity index (χ0n) is 9.33. The maximum atomic E-state index is 13.4. The number of hydrogen-bond acceptors (Lipinski definition) is 2. The molecule has 1 amide bonds. The maximum absolute atomic E-state index is 13.4. The van der Waals surface area contributed by atoms with Crippen molar-refractivity contribution in [1.29, 1.82) is 0 Å². The molecule has 17 heavy (non-hydrogen) atoms. The van der Waals surface area contributed by atoms with Gasteiger partial charge >= 0.3 is 0 Å². The normalized spacial score (nSPS) is 24.4. The molecule has 3 nitrogen and oxygen atoms in total. The van der Waals surface area contributed by atoms with Gasteiger partial charge in [-0.2, -0.15) is 0 Å². The van der Waals surface area contributed by atoms with Crippen LogP contribution in [0.2, 0.25) is 0 Å². The summed E-state index contributed by atoms with van der Waals surface area (Å²) in [5, 5.41) is 2.87. The number of aromatic nitrogens is 1. The predicted molar refractivity (Wildman–Crippen MR) is 66.6 cm³/mol. The predicted octanol–water partition coefficient (Wildman–Crippen LogP) is 2.66. The average molecular weight is 301 g/mol. The molecule has 1 aromatic heterocycles. The lowest BCUT2D eigenvalue weighted by atomic mass is 9.95. The van der Waals surface area contributed by atoms with Gasteiger partial charge in [0.1, 0.15) is 0 Å². The Morgan fingerprint density at radius 1 is 1.47 bits per heavy atom. The van der Waals surface area contributed by atoms with Crippen molar-refractivity contribution < 1.29 is 9.18 Å². The van der Waals surface area contributed by atoms with Gasteiger partial charge in [-0.1, -0.05) is 28.8 Å². The fourth-order valence-electron chi connectivity index (χ4n) is 2.05. The van der Waals surface area contributed by atoms with Crippen LogP contribution < -0.4 is 5.32 Å². The second-order valence-electron chi connectivity index (χ2n) is 4.24. The number of carbonyl (C=O) groups excluding carboxylic acids is 1. The van der Waals surface area contributed by atoms with Gasteiger partial charge in [-0.3, -0.25) is 9.78 Å².